The van der Waals surface area contributed by atoms with Crippen molar-refractivity contribution in [3.8, 4) is 0 Å². The minimum Gasteiger partial charge on any atom is -0.464 e. The summed E-state index contributed by atoms with van der Waals surface area (Å²) in [5.74, 6) is -0.306. The molecular formula is C46H86N2O5. The van der Waals surface area contributed by atoms with Gasteiger partial charge in [0.2, 0.25) is 5.91 Å². The maximum Gasteiger partial charge on any atom is 0.308 e. The van der Waals surface area contributed by atoms with Crippen LogP contribution in [0.25, 0.3) is 0 Å². The number of likely N-dealkylation sites (tertiary alicyclic amines) is 1. The molecular weight excluding hydrogens is 661 g/mol. The van der Waals surface area contributed by atoms with Crippen LogP contribution < -0.4 is 0 Å². The Morgan fingerprint density at radius 1 is 0.566 bits per heavy atom. The SMILES string of the molecule is CCCCCCCC/C=C\CCCCCCCC(=O)OCCN(CCOC(=O)C(CCCCCC)CCCCCCCC)C(=O)CCN1CCCCC1. The molecule has 1 aliphatic heterocycles. The fourth-order valence-electron chi connectivity index (χ4n) is 7.38. The van der Waals surface area contributed by atoms with Gasteiger partial charge in [-0.05, 0) is 70.9 Å². The van der Waals surface area contributed by atoms with E-state index in [9.17, 15) is 14.4 Å². The fourth-order valence-corrected chi connectivity index (χ4v) is 7.38. The van der Waals surface area contributed by atoms with Gasteiger partial charge in [0.05, 0.1) is 19.0 Å². The second-order valence-corrected chi connectivity index (χ2v) is 15.9. The van der Waals surface area contributed by atoms with Crippen LogP contribution in [0.15, 0.2) is 12.2 Å². The number of nitrogens with zero attached hydrogens (tertiary/aromatic N) is 2. The summed E-state index contributed by atoms with van der Waals surface area (Å²) >= 11 is 0. The molecule has 1 heterocycles. The topological polar surface area (TPSA) is 76.1 Å². The van der Waals surface area contributed by atoms with E-state index in [1.807, 2.05) is 0 Å². The Hall–Kier alpha value is -1.89. The lowest BCUT2D eigenvalue weighted by atomic mass is 9.94. The van der Waals surface area contributed by atoms with Gasteiger partial charge in [-0.25, -0.2) is 0 Å². The largest absolute Gasteiger partial charge is 0.464 e. The van der Waals surface area contributed by atoms with Gasteiger partial charge in [-0.1, -0.05) is 155 Å². The van der Waals surface area contributed by atoms with Crippen LogP contribution in [0.1, 0.15) is 213 Å². The summed E-state index contributed by atoms with van der Waals surface area (Å²) in [5.41, 5.74) is 0. The molecule has 1 saturated heterocycles. The molecule has 1 amide bonds. The van der Waals surface area contributed by atoms with Crippen molar-refractivity contribution < 1.29 is 23.9 Å². The molecule has 0 N–H and O–H groups in total. The van der Waals surface area contributed by atoms with E-state index in [1.165, 1.54) is 122 Å². The second-order valence-electron chi connectivity index (χ2n) is 15.9. The van der Waals surface area contributed by atoms with Gasteiger partial charge < -0.3 is 19.3 Å². The molecule has 310 valence electrons. The van der Waals surface area contributed by atoms with E-state index in [0.29, 0.717) is 25.9 Å². The van der Waals surface area contributed by atoms with Crippen LogP contribution in [0.2, 0.25) is 0 Å². The first-order chi connectivity index (χ1) is 26.0. The lowest BCUT2D eigenvalue weighted by Crippen LogP contribution is -2.40. The van der Waals surface area contributed by atoms with Gasteiger partial charge in [-0.15, -0.1) is 0 Å². The van der Waals surface area contributed by atoms with E-state index in [1.54, 1.807) is 4.90 Å². The molecule has 0 radical (unpaired) electrons. The first kappa shape index (κ1) is 49.1. The Labute approximate surface area is 328 Å². The number of allylic oxidation sites excluding steroid dienone is 2. The van der Waals surface area contributed by atoms with Crippen molar-refractivity contribution in [3.05, 3.63) is 12.2 Å². The lowest BCUT2D eigenvalue weighted by molar-refractivity contribution is -0.151. The zero-order chi connectivity index (χ0) is 38.5. The molecule has 0 bridgehead atoms. The summed E-state index contributed by atoms with van der Waals surface area (Å²) in [6.45, 7) is 10.6. The molecule has 0 aromatic heterocycles. The molecule has 0 saturated carbocycles. The average molecular weight is 747 g/mol. The number of rotatable bonds is 37. The Bertz CT molecular complexity index is 887. The van der Waals surface area contributed by atoms with Crippen molar-refractivity contribution in [1.29, 1.82) is 0 Å². The maximum atomic E-state index is 13.4. The molecule has 1 atom stereocenters. The van der Waals surface area contributed by atoms with Crippen molar-refractivity contribution in [2.45, 2.75) is 213 Å². The number of carbonyl (C=O) groups excluding carboxylic acids is 3. The maximum absolute atomic E-state index is 13.4. The molecule has 7 heteroatoms. The molecule has 7 nitrogen and oxygen atoms in total. The molecule has 53 heavy (non-hydrogen) atoms. The van der Waals surface area contributed by atoms with Crippen LogP contribution in [-0.4, -0.2) is 73.6 Å². The van der Waals surface area contributed by atoms with Crippen LogP contribution in [0.3, 0.4) is 0 Å². The summed E-state index contributed by atoms with van der Waals surface area (Å²) < 4.78 is 11.4. The molecule has 1 aliphatic rings. The number of hydrogen-bond donors (Lipinski definition) is 0. The summed E-state index contributed by atoms with van der Waals surface area (Å²) in [6, 6.07) is 0. The summed E-state index contributed by atoms with van der Waals surface area (Å²) in [5, 5.41) is 0. The third-order valence-electron chi connectivity index (χ3n) is 11.0. The smallest absolute Gasteiger partial charge is 0.308 e. The first-order valence-electron chi connectivity index (χ1n) is 23.0. The van der Waals surface area contributed by atoms with E-state index < -0.39 is 0 Å². The van der Waals surface area contributed by atoms with Gasteiger partial charge in [0.15, 0.2) is 0 Å². The minimum atomic E-state index is -0.185. The highest BCUT2D eigenvalue weighted by atomic mass is 16.5. The molecule has 0 aliphatic carbocycles. The van der Waals surface area contributed by atoms with Gasteiger partial charge >= 0.3 is 11.9 Å². The molecule has 1 rings (SSSR count). The summed E-state index contributed by atoms with van der Waals surface area (Å²) in [4.78, 5) is 43.2. The highest BCUT2D eigenvalue weighted by Gasteiger charge is 2.22. The van der Waals surface area contributed by atoms with Gasteiger partial charge in [0.25, 0.3) is 0 Å². The van der Waals surface area contributed by atoms with E-state index in [2.05, 4.69) is 37.8 Å². The predicted octanol–water partition coefficient (Wildman–Crippen LogP) is 12.2. The Morgan fingerprint density at radius 2 is 1.04 bits per heavy atom. The Morgan fingerprint density at radius 3 is 1.60 bits per heavy atom. The number of amides is 1. The van der Waals surface area contributed by atoms with Gasteiger partial charge in [-0.3, -0.25) is 14.4 Å². The van der Waals surface area contributed by atoms with Crippen LogP contribution in [0.5, 0.6) is 0 Å². The zero-order valence-corrected chi connectivity index (χ0v) is 35.3. The van der Waals surface area contributed by atoms with Crippen molar-refractivity contribution in [2.75, 3.05) is 45.9 Å². The Balaban J connectivity index is 2.42. The van der Waals surface area contributed by atoms with Crippen molar-refractivity contribution in [1.82, 2.24) is 9.80 Å². The van der Waals surface area contributed by atoms with E-state index in [0.717, 1.165) is 77.4 Å². The average Bonchev–Trinajstić information content (AvgIpc) is 3.17. The number of unbranched alkanes of at least 4 members (excludes halogenated alkanes) is 19. The summed E-state index contributed by atoms with van der Waals surface area (Å²) in [6.07, 6.45) is 38.8. The lowest BCUT2D eigenvalue weighted by Gasteiger charge is -2.28. The van der Waals surface area contributed by atoms with Crippen LogP contribution in [0.4, 0.5) is 0 Å². The molecule has 1 fully saturated rings. The Kier molecular flexibility index (Phi) is 34.3. The number of ether oxygens (including phenoxy) is 2. The monoisotopic (exact) mass is 747 g/mol. The number of carbonyl (C=O) groups is 3. The highest BCUT2D eigenvalue weighted by Crippen LogP contribution is 2.21. The molecule has 0 aromatic rings. The van der Waals surface area contributed by atoms with E-state index >= 15 is 0 Å². The van der Waals surface area contributed by atoms with Crippen molar-refractivity contribution in [3.63, 3.8) is 0 Å². The van der Waals surface area contributed by atoms with Crippen LogP contribution in [0, 0.1) is 5.92 Å². The molecule has 0 aromatic carbocycles. The van der Waals surface area contributed by atoms with Gasteiger partial charge in [0.1, 0.15) is 13.2 Å². The van der Waals surface area contributed by atoms with Crippen molar-refractivity contribution >= 4 is 17.8 Å². The van der Waals surface area contributed by atoms with Crippen LogP contribution in [-0.2, 0) is 23.9 Å². The number of piperidine rings is 1. The first-order valence-corrected chi connectivity index (χ1v) is 23.0. The van der Waals surface area contributed by atoms with Gasteiger partial charge in [-0.2, -0.15) is 0 Å². The number of esters is 2. The highest BCUT2D eigenvalue weighted by molar-refractivity contribution is 5.76. The quantitative estimate of drug-likeness (QED) is 0.0358. The predicted molar refractivity (Wildman–Crippen MR) is 223 cm³/mol. The van der Waals surface area contributed by atoms with Gasteiger partial charge in [0, 0.05) is 19.4 Å². The molecule has 0 spiro atoms. The van der Waals surface area contributed by atoms with E-state index in [-0.39, 0.29) is 37.0 Å². The third kappa shape index (κ3) is 30.1. The summed E-state index contributed by atoms with van der Waals surface area (Å²) in [7, 11) is 0. The van der Waals surface area contributed by atoms with Crippen LogP contribution >= 0.6 is 0 Å². The second kappa shape index (κ2) is 37.1. The third-order valence-corrected chi connectivity index (χ3v) is 11.0. The minimum absolute atomic E-state index is 0.0446. The zero-order valence-electron chi connectivity index (χ0n) is 35.3. The standard InChI is InChI=1S/C46H86N2O5/c1-4-7-10-13-15-16-17-18-19-20-21-22-23-25-29-34-45(50)52-41-39-48(44(49)35-38-47-36-30-26-31-37-47)40-42-53-46(51)43(32-27-12-9-6-3)33-28-24-14-11-8-5-2/h18-19,43H,4-17,20-42H2,1-3H3/b19-18-. The molecule has 1 unspecified atom stereocenters. The van der Waals surface area contributed by atoms with Crippen molar-refractivity contribution in [2.24, 2.45) is 5.92 Å². The fraction of sp³-hybridized carbons (Fsp3) is 0.891. The number of hydrogen-bond acceptors (Lipinski definition) is 6. The normalized spacial score (nSPS) is 14.1. The van der Waals surface area contributed by atoms with E-state index in [4.69, 9.17) is 9.47 Å².